The lowest BCUT2D eigenvalue weighted by atomic mass is 9.44. The number of aliphatic hydroxyl groups excluding tert-OH is 1. The maximum atomic E-state index is 17.1. The topological polar surface area (TPSA) is 101 Å². The van der Waals surface area contributed by atoms with Gasteiger partial charge in [0.2, 0.25) is 11.4 Å². The first kappa shape index (κ1) is 24.0. The highest BCUT2D eigenvalue weighted by Crippen LogP contribution is 2.71. The number of fused-ring (bicyclic) bond motifs is 5. The molecule has 0 amide bonds. The molecule has 4 aliphatic carbocycles. The second-order valence-electron chi connectivity index (χ2n) is 10.4. The minimum absolute atomic E-state index is 0.0645. The summed E-state index contributed by atoms with van der Waals surface area (Å²) in [6.07, 6.45) is -3.51. The Balaban J connectivity index is 1.88. The predicted octanol–water partition coefficient (Wildman–Crippen LogP) is 3.77. The number of ketones is 1. The summed E-state index contributed by atoms with van der Waals surface area (Å²) in [6.45, 7) is 5.67. The second-order valence-corrected chi connectivity index (χ2v) is 10.4. The zero-order valence-electron chi connectivity index (χ0n) is 19.1. The first-order valence-corrected chi connectivity index (χ1v) is 11.3. The van der Waals surface area contributed by atoms with Crippen molar-refractivity contribution in [2.24, 2.45) is 22.7 Å². The first-order valence-electron chi connectivity index (χ1n) is 11.3. The van der Waals surface area contributed by atoms with Crippen molar-refractivity contribution in [3.63, 3.8) is 0 Å². The smallest absolute Gasteiger partial charge is 0.348 e. The molecule has 182 valence electrons. The van der Waals surface area contributed by atoms with Gasteiger partial charge in [0.1, 0.15) is 6.17 Å². The Morgan fingerprint density at radius 2 is 1.91 bits per heavy atom. The summed E-state index contributed by atoms with van der Waals surface area (Å²) in [5.41, 5.74) is -8.51. The van der Waals surface area contributed by atoms with Gasteiger partial charge >= 0.3 is 11.9 Å². The van der Waals surface area contributed by atoms with Crippen molar-refractivity contribution >= 4 is 17.7 Å². The molecule has 2 N–H and O–H groups in total. The normalized spacial score (nSPS) is 46.8. The van der Waals surface area contributed by atoms with E-state index in [4.69, 9.17) is 4.74 Å². The lowest BCUT2D eigenvalue weighted by molar-refractivity contribution is -0.234. The number of aliphatic hydroxyl groups is 1. The van der Waals surface area contributed by atoms with Crippen LogP contribution in [0, 0.1) is 22.7 Å². The number of rotatable bonds is 3. The molecule has 3 saturated carbocycles. The maximum Gasteiger partial charge on any atom is 0.348 e. The number of carboxylic acid groups (broad SMARTS) is 1. The van der Waals surface area contributed by atoms with Crippen LogP contribution in [0.25, 0.3) is 0 Å². The van der Waals surface area contributed by atoms with Crippen LogP contribution in [0.1, 0.15) is 59.8 Å². The van der Waals surface area contributed by atoms with Gasteiger partial charge in [0.05, 0.1) is 11.5 Å². The largest absolute Gasteiger partial charge is 0.478 e. The van der Waals surface area contributed by atoms with Gasteiger partial charge in [-0.05, 0) is 51.0 Å². The number of Topliss-reactive ketones (excluding diaryl/α,β-unsaturated/α-hetero) is 1. The molecule has 9 heteroatoms. The predicted molar refractivity (Wildman–Crippen MR) is 110 cm³/mol. The van der Waals surface area contributed by atoms with Crippen LogP contribution < -0.4 is 0 Å². The van der Waals surface area contributed by atoms with Gasteiger partial charge in [-0.3, -0.25) is 9.59 Å². The molecule has 0 aliphatic heterocycles. The number of carboxylic acids is 1. The SMILES string of the molecule is CCC(=O)O[C@@]1(C(=O)O)CC[C@H]2[C@@H]3C[C@H](F)C4=C(F)C(=O)C(C)=C[C@]4(C)[C@@]3(F)[C@@H](O)C[C@@]21C. The molecule has 0 aromatic carbocycles. The summed E-state index contributed by atoms with van der Waals surface area (Å²) >= 11 is 0. The van der Waals surface area contributed by atoms with Crippen LogP contribution in [-0.2, 0) is 19.1 Å². The average molecular weight is 470 g/mol. The van der Waals surface area contributed by atoms with Gasteiger partial charge in [0, 0.05) is 23.3 Å². The molecule has 0 saturated heterocycles. The van der Waals surface area contributed by atoms with Gasteiger partial charge in [-0.15, -0.1) is 0 Å². The molecular weight excluding hydrogens is 441 g/mol. The fourth-order valence-corrected chi connectivity index (χ4v) is 7.43. The highest BCUT2D eigenvalue weighted by atomic mass is 19.2. The van der Waals surface area contributed by atoms with Gasteiger partial charge in [-0.25, -0.2) is 18.0 Å². The van der Waals surface area contributed by atoms with E-state index in [2.05, 4.69) is 0 Å². The quantitative estimate of drug-likeness (QED) is 0.609. The van der Waals surface area contributed by atoms with E-state index >= 15 is 8.78 Å². The maximum absolute atomic E-state index is 17.1. The standard InChI is InChI=1S/C24H29F3O6/c1-5-16(29)33-23(20(31)32)7-6-12-13-8-14(25)17-18(26)19(30)11(2)9-22(17,4)24(13,27)15(28)10-21(12,23)3/h9,12-15,28H,5-8,10H2,1-4H3,(H,31,32)/t12-,13-,14-,15-,21-,22-,23+,24-/m0/s1. The number of allylic oxidation sites excluding steroid dienone is 4. The monoisotopic (exact) mass is 470 g/mol. The van der Waals surface area contributed by atoms with Crippen LogP contribution in [-0.4, -0.2) is 51.5 Å². The summed E-state index contributed by atoms with van der Waals surface area (Å²) < 4.78 is 53.0. The van der Waals surface area contributed by atoms with E-state index < -0.39 is 81.8 Å². The van der Waals surface area contributed by atoms with E-state index in [1.54, 1.807) is 0 Å². The zero-order chi connectivity index (χ0) is 24.7. The van der Waals surface area contributed by atoms with Gasteiger partial charge in [-0.1, -0.05) is 19.9 Å². The number of hydrogen-bond donors (Lipinski definition) is 2. The molecule has 0 aromatic rings. The molecule has 6 nitrogen and oxygen atoms in total. The van der Waals surface area contributed by atoms with Crippen molar-refractivity contribution in [2.45, 2.75) is 83.3 Å². The van der Waals surface area contributed by atoms with Crippen LogP contribution in [0.4, 0.5) is 13.2 Å². The molecule has 8 atom stereocenters. The molecule has 0 radical (unpaired) electrons. The number of hydrogen-bond acceptors (Lipinski definition) is 5. The van der Waals surface area contributed by atoms with Crippen LogP contribution in [0.15, 0.2) is 23.0 Å². The van der Waals surface area contributed by atoms with Crippen LogP contribution in [0.5, 0.6) is 0 Å². The summed E-state index contributed by atoms with van der Waals surface area (Å²) in [7, 11) is 0. The number of esters is 1. The number of alkyl halides is 2. The van der Waals surface area contributed by atoms with Crippen LogP contribution in [0.3, 0.4) is 0 Å². The minimum atomic E-state index is -2.54. The highest BCUT2D eigenvalue weighted by molar-refractivity contribution is 6.08. The number of ether oxygens (including phenoxy) is 1. The molecule has 0 bridgehead atoms. The minimum Gasteiger partial charge on any atom is -0.478 e. The van der Waals surface area contributed by atoms with Gasteiger partial charge in [0.25, 0.3) is 0 Å². The van der Waals surface area contributed by atoms with Crippen molar-refractivity contribution in [3.05, 3.63) is 23.0 Å². The molecule has 33 heavy (non-hydrogen) atoms. The van der Waals surface area contributed by atoms with E-state index in [-0.39, 0.29) is 31.3 Å². The van der Waals surface area contributed by atoms with E-state index in [0.717, 1.165) is 0 Å². The van der Waals surface area contributed by atoms with E-state index in [1.807, 2.05) is 0 Å². The van der Waals surface area contributed by atoms with Crippen molar-refractivity contribution in [1.82, 2.24) is 0 Å². The van der Waals surface area contributed by atoms with Gasteiger partial charge in [-0.2, -0.15) is 0 Å². The number of carbonyl (C=O) groups is 3. The average Bonchev–Trinajstić information content (AvgIpc) is 3.01. The Labute approximate surface area is 189 Å². The van der Waals surface area contributed by atoms with Gasteiger partial charge < -0.3 is 14.9 Å². The molecule has 3 fully saturated rings. The third kappa shape index (κ3) is 2.68. The Hall–Kier alpha value is -2.16. The highest BCUT2D eigenvalue weighted by Gasteiger charge is 2.77. The summed E-state index contributed by atoms with van der Waals surface area (Å²) in [4.78, 5) is 36.7. The summed E-state index contributed by atoms with van der Waals surface area (Å²) in [5, 5.41) is 21.3. The van der Waals surface area contributed by atoms with Crippen LogP contribution >= 0.6 is 0 Å². The summed E-state index contributed by atoms with van der Waals surface area (Å²) in [5.74, 6) is -6.39. The van der Waals surface area contributed by atoms with Gasteiger partial charge in [0.15, 0.2) is 11.5 Å². The molecular formula is C24H29F3O6. The lowest BCUT2D eigenvalue weighted by Crippen LogP contribution is -2.70. The third-order valence-electron chi connectivity index (χ3n) is 9.03. The Bertz CT molecular complexity index is 1010. The van der Waals surface area contributed by atoms with Crippen molar-refractivity contribution in [2.75, 3.05) is 0 Å². The third-order valence-corrected chi connectivity index (χ3v) is 9.03. The number of carbonyl (C=O) groups excluding carboxylic acids is 2. The first-order chi connectivity index (χ1) is 15.2. The fraction of sp³-hybridized carbons (Fsp3) is 0.708. The van der Waals surface area contributed by atoms with Crippen molar-refractivity contribution in [3.8, 4) is 0 Å². The Morgan fingerprint density at radius 1 is 1.27 bits per heavy atom. The lowest BCUT2D eigenvalue weighted by Gasteiger charge is -2.63. The molecule has 0 aromatic heterocycles. The molecule has 0 heterocycles. The van der Waals surface area contributed by atoms with Crippen molar-refractivity contribution in [1.29, 1.82) is 0 Å². The number of aliphatic carboxylic acids is 1. The zero-order valence-corrected chi connectivity index (χ0v) is 19.1. The number of halogens is 3. The van der Waals surface area contributed by atoms with E-state index in [9.17, 15) is 29.0 Å². The molecule has 0 unspecified atom stereocenters. The van der Waals surface area contributed by atoms with Crippen LogP contribution in [0.2, 0.25) is 0 Å². The fourth-order valence-electron chi connectivity index (χ4n) is 7.43. The molecule has 4 rings (SSSR count). The second kappa shape index (κ2) is 7.17. The van der Waals surface area contributed by atoms with E-state index in [0.29, 0.717) is 0 Å². The Morgan fingerprint density at radius 3 is 2.48 bits per heavy atom. The van der Waals surface area contributed by atoms with E-state index in [1.165, 1.54) is 33.8 Å². The molecule has 0 spiro atoms. The summed E-state index contributed by atoms with van der Waals surface area (Å²) in [6, 6.07) is 0. The molecule has 4 aliphatic rings. The Kier molecular flexibility index (Phi) is 5.21. The van der Waals surface area contributed by atoms with Crippen molar-refractivity contribution < 1.29 is 42.5 Å².